The van der Waals surface area contributed by atoms with Gasteiger partial charge in [-0.1, -0.05) is 12.1 Å². The van der Waals surface area contributed by atoms with E-state index in [9.17, 15) is 10.1 Å². The summed E-state index contributed by atoms with van der Waals surface area (Å²) in [6, 6.07) is 10.2. The van der Waals surface area contributed by atoms with Gasteiger partial charge in [0.15, 0.2) is 5.69 Å². The Morgan fingerprint density at radius 1 is 1.30 bits per heavy atom. The molecule has 0 saturated carbocycles. The molecule has 1 aromatic carbocycles. The Morgan fingerprint density at radius 3 is 2.70 bits per heavy atom. The minimum atomic E-state index is -0.440. The van der Waals surface area contributed by atoms with Crippen LogP contribution < -0.4 is 10.1 Å². The Bertz CT molecular complexity index is 629. The summed E-state index contributed by atoms with van der Waals surface area (Å²) in [6.45, 7) is 2.35. The van der Waals surface area contributed by atoms with Crippen molar-refractivity contribution in [2.45, 2.75) is 6.92 Å². The first-order valence-corrected chi connectivity index (χ1v) is 6.22. The summed E-state index contributed by atoms with van der Waals surface area (Å²) < 4.78 is 5.52. The molecule has 0 aliphatic carbocycles. The van der Waals surface area contributed by atoms with E-state index in [0.717, 1.165) is 0 Å². The van der Waals surface area contributed by atoms with Crippen LogP contribution in [0, 0.1) is 10.1 Å². The average Bonchev–Trinajstić information content (AvgIpc) is 2.47. The molecule has 0 amide bonds. The molecule has 2 aromatic rings. The van der Waals surface area contributed by atoms with Gasteiger partial charge in [-0.3, -0.25) is 10.1 Å². The average molecular weight is 273 g/mol. The van der Waals surface area contributed by atoms with Crippen molar-refractivity contribution in [1.29, 1.82) is 0 Å². The summed E-state index contributed by atoms with van der Waals surface area (Å²) >= 11 is 0. The van der Waals surface area contributed by atoms with Crippen LogP contribution in [0.3, 0.4) is 0 Å². The standard InChI is InChI=1S/C14H15N3O3/c1-3-20-12-7-5-4-6-10(12)14-11(17(18)19)8-9-13(15-2)16-14/h4-9H,3H2,1-2H3,(H,15,16). The molecule has 0 aliphatic heterocycles. The number of benzene rings is 1. The van der Waals surface area contributed by atoms with Gasteiger partial charge >= 0.3 is 0 Å². The van der Waals surface area contributed by atoms with Gasteiger partial charge in [0.05, 0.1) is 11.5 Å². The Morgan fingerprint density at radius 2 is 2.05 bits per heavy atom. The van der Waals surface area contributed by atoms with Gasteiger partial charge in [-0.05, 0) is 25.1 Å². The molecule has 0 aliphatic rings. The molecule has 0 bridgehead atoms. The number of nitro groups is 1. The number of anilines is 1. The molecule has 104 valence electrons. The molecule has 6 nitrogen and oxygen atoms in total. The second kappa shape index (κ2) is 6.01. The minimum Gasteiger partial charge on any atom is -0.493 e. The quantitative estimate of drug-likeness (QED) is 0.669. The number of pyridine rings is 1. The predicted molar refractivity (Wildman–Crippen MR) is 77.0 cm³/mol. The van der Waals surface area contributed by atoms with Gasteiger partial charge in [0.1, 0.15) is 11.6 Å². The van der Waals surface area contributed by atoms with Gasteiger partial charge in [0.2, 0.25) is 0 Å². The van der Waals surface area contributed by atoms with Gasteiger partial charge in [-0.15, -0.1) is 0 Å². The van der Waals surface area contributed by atoms with Crippen molar-refractivity contribution in [3.8, 4) is 17.0 Å². The highest BCUT2D eigenvalue weighted by Crippen LogP contribution is 2.35. The Labute approximate surface area is 116 Å². The van der Waals surface area contributed by atoms with E-state index in [0.29, 0.717) is 29.4 Å². The van der Waals surface area contributed by atoms with Gasteiger partial charge < -0.3 is 10.1 Å². The molecule has 1 heterocycles. The fourth-order valence-corrected chi connectivity index (χ4v) is 1.88. The fraction of sp³-hybridized carbons (Fsp3) is 0.214. The molecule has 0 radical (unpaired) electrons. The Hall–Kier alpha value is -2.63. The van der Waals surface area contributed by atoms with Crippen molar-refractivity contribution in [1.82, 2.24) is 4.98 Å². The lowest BCUT2D eigenvalue weighted by Gasteiger charge is -2.10. The van der Waals surface area contributed by atoms with Crippen molar-refractivity contribution < 1.29 is 9.66 Å². The van der Waals surface area contributed by atoms with Gasteiger partial charge in [0.25, 0.3) is 5.69 Å². The van der Waals surface area contributed by atoms with Crippen LogP contribution in [0.1, 0.15) is 6.92 Å². The monoisotopic (exact) mass is 273 g/mol. The maximum absolute atomic E-state index is 11.2. The van der Waals surface area contributed by atoms with E-state index >= 15 is 0 Å². The summed E-state index contributed by atoms with van der Waals surface area (Å²) in [4.78, 5) is 15.0. The molecule has 1 aromatic heterocycles. The normalized spacial score (nSPS) is 10.1. The van der Waals surface area contributed by atoms with Crippen LogP contribution in [0.25, 0.3) is 11.3 Å². The molecule has 0 spiro atoms. The number of ether oxygens (including phenoxy) is 1. The zero-order valence-corrected chi connectivity index (χ0v) is 11.3. The zero-order valence-electron chi connectivity index (χ0n) is 11.3. The Kier molecular flexibility index (Phi) is 4.14. The number of para-hydroxylation sites is 1. The van der Waals surface area contributed by atoms with E-state index in [4.69, 9.17) is 4.74 Å². The summed E-state index contributed by atoms with van der Waals surface area (Å²) in [6.07, 6.45) is 0. The molecular weight excluding hydrogens is 258 g/mol. The molecule has 2 rings (SSSR count). The van der Waals surface area contributed by atoms with E-state index in [-0.39, 0.29) is 5.69 Å². The van der Waals surface area contributed by atoms with Gasteiger partial charge in [-0.2, -0.15) is 0 Å². The van der Waals surface area contributed by atoms with Gasteiger partial charge in [-0.25, -0.2) is 4.98 Å². The summed E-state index contributed by atoms with van der Waals surface area (Å²) in [5.74, 6) is 1.15. The van der Waals surface area contributed by atoms with Crippen LogP contribution in [0.2, 0.25) is 0 Å². The topological polar surface area (TPSA) is 77.3 Å². The number of aromatic nitrogens is 1. The first-order chi connectivity index (χ1) is 9.67. The van der Waals surface area contributed by atoms with E-state index in [2.05, 4.69) is 10.3 Å². The molecule has 0 unspecified atom stereocenters. The van der Waals surface area contributed by atoms with Crippen LogP contribution in [-0.4, -0.2) is 23.6 Å². The number of hydrogen-bond acceptors (Lipinski definition) is 5. The van der Waals surface area contributed by atoms with E-state index in [1.807, 2.05) is 13.0 Å². The molecule has 6 heteroatoms. The smallest absolute Gasteiger partial charge is 0.295 e. The van der Waals surface area contributed by atoms with Crippen LogP contribution >= 0.6 is 0 Å². The van der Waals surface area contributed by atoms with Crippen LogP contribution in [0.4, 0.5) is 11.5 Å². The third-order valence-electron chi connectivity index (χ3n) is 2.77. The maximum Gasteiger partial charge on any atom is 0.295 e. The number of hydrogen-bond donors (Lipinski definition) is 1. The molecule has 0 fully saturated rings. The largest absolute Gasteiger partial charge is 0.493 e. The molecule has 0 atom stereocenters. The van der Waals surface area contributed by atoms with Crippen LogP contribution in [-0.2, 0) is 0 Å². The number of nitrogens with one attached hydrogen (secondary N) is 1. The molecule has 20 heavy (non-hydrogen) atoms. The highest BCUT2D eigenvalue weighted by molar-refractivity contribution is 5.76. The van der Waals surface area contributed by atoms with Crippen molar-refractivity contribution in [3.63, 3.8) is 0 Å². The third kappa shape index (κ3) is 2.69. The third-order valence-corrected chi connectivity index (χ3v) is 2.77. The van der Waals surface area contributed by atoms with Crippen molar-refractivity contribution in [2.24, 2.45) is 0 Å². The zero-order chi connectivity index (χ0) is 14.5. The summed E-state index contributed by atoms with van der Waals surface area (Å²) in [7, 11) is 1.71. The molecule has 0 saturated heterocycles. The highest BCUT2D eigenvalue weighted by Gasteiger charge is 2.20. The van der Waals surface area contributed by atoms with E-state index < -0.39 is 4.92 Å². The van der Waals surface area contributed by atoms with E-state index in [1.54, 1.807) is 31.3 Å². The summed E-state index contributed by atoms with van der Waals surface area (Å²) in [5, 5.41) is 14.0. The number of nitrogens with zero attached hydrogens (tertiary/aromatic N) is 2. The summed E-state index contributed by atoms with van der Waals surface area (Å²) in [5.41, 5.74) is 0.861. The fourth-order valence-electron chi connectivity index (χ4n) is 1.88. The second-order valence-corrected chi connectivity index (χ2v) is 4.00. The SMILES string of the molecule is CCOc1ccccc1-c1nc(NC)ccc1[N+](=O)[O-]. The predicted octanol–water partition coefficient (Wildman–Crippen LogP) is 3.10. The Balaban J connectivity index is 2.63. The number of rotatable bonds is 5. The maximum atomic E-state index is 11.2. The lowest BCUT2D eigenvalue weighted by molar-refractivity contribution is -0.384. The second-order valence-electron chi connectivity index (χ2n) is 4.00. The lowest BCUT2D eigenvalue weighted by Crippen LogP contribution is -2.01. The van der Waals surface area contributed by atoms with Crippen molar-refractivity contribution >= 4 is 11.5 Å². The first-order valence-electron chi connectivity index (χ1n) is 6.22. The van der Waals surface area contributed by atoms with Crippen molar-refractivity contribution in [3.05, 3.63) is 46.5 Å². The van der Waals surface area contributed by atoms with E-state index in [1.165, 1.54) is 6.07 Å². The highest BCUT2D eigenvalue weighted by atomic mass is 16.6. The van der Waals surface area contributed by atoms with Crippen LogP contribution in [0.15, 0.2) is 36.4 Å². The lowest BCUT2D eigenvalue weighted by atomic mass is 10.1. The first kappa shape index (κ1) is 13.8. The van der Waals surface area contributed by atoms with Gasteiger partial charge in [0, 0.05) is 18.7 Å². The van der Waals surface area contributed by atoms with Crippen LogP contribution in [0.5, 0.6) is 5.75 Å². The molecule has 1 N–H and O–H groups in total. The minimum absolute atomic E-state index is 0.0452. The molecular formula is C14H15N3O3. The van der Waals surface area contributed by atoms with Crippen molar-refractivity contribution in [2.75, 3.05) is 19.0 Å².